The number of nitrogens with zero attached hydrogens (tertiary/aromatic N) is 2. The molecule has 0 N–H and O–H groups in total. The Morgan fingerprint density at radius 1 is 1.39 bits per heavy atom. The second kappa shape index (κ2) is 6.51. The summed E-state index contributed by atoms with van der Waals surface area (Å²) in [6, 6.07) is 7.47. The fraction of sp³-hybridized carbons (Fsp3) is 0.273. The zero-order valence-corrected chi connectivity index (χ0v) is 12.8. The van der Waals surface area contributed by atoms with Crippen LogP contribution in [0, 0.1) is 0 Å². The number of aromatic nitrogens is 2. The van der Waals surface area contributed by atoms with Gasteiger partial charge >= 0.3 is 0 Å². The van der Waals surface area contributed by atoms with Crippen molar-refractivity contribution in [3.8, 4) is 0 Å². The highest BCUT2D eigenvalue weighted by atomic mass is 79.9. The van der Waals surface area contributed by atoms with Gasteiger partial charge < -0.3 is 4.74 Å². The fourth-order valence-corrected chi connectivity index (χ4v) is 3.99. The largest absolute Gasteiger partial charge is 0.377 e. The zero-order valence-electron chi connectivity index (χ0n) is 9.63. The molecule has 1 unspecified atom stereocenters. The van der Waals surface area contributed by atoms with Crippen LogP contribution in [0.5, 0.6) is 0 Å². The molecule has 0 spiro atoms. The monoisotopic (exact) mass is 346 g/mol. The Bertz CT molecular complexity index is 559. The van der Waals surface area contributed by atoms with Gasteiger partial charge in [0.25, 0.3) is 0 Å². The van der Waals surface area contributed by atoms with Crippen LogP contribution in [0.3, 0.4) is 0 Å². The molecule has 2 rings (SSSR count). The van der Waals surface area contributed by atoms with Crippen LogP contribution in [0.2, 0.25) is 0 Å². The first-order valence-electron chi connectivity index (χ1n) is 5.13. The quantitative estimate of drug-likeness (QED) is 0.835. The first kappa shape index (κ1) is 13.8. The van der Waals surface area contributed by atoms with E-state index in [0.29, 0.717) is 12.4 Å². The Morgan fingerprint density at radius 2 is 2.17 bits per heavy atom. The number of ether oxygens (including phenoxy) is 1. The highest BCUT2D eigenvalue weighted by molar-refractivity contribution is 9.10. The van der Waals surface area contributed by atoms with E-state index in [-0.39, 0.29) is 0 Å². The van der Waals surface area contributed by atoms with Crippen LogP contribution in [-0.4, -0.2) is 21.5 Å². The van der Waals surface area contributed by atoms with Gasteiger partial charge in [0.05, 0.1) is 23.2 Å². The molecule has 96 valence electrons. The maximum atomic E-state index is 12.1. The van der Waals surface area contributed by atoms with E-state index >= 15 is 0 Å². The van der Waals surface area contributed by atoms with Crippen molar-refractivity contribution in [2.45, 2.75) is 17.3 Å². The molecule has 1 aromatic carbocycles. The third-order valence-corrected chi connectivity index (χ3v) is 4.98. The van der Waals surface area contributed by atoms with Crippen molar-refractivity contribution >= 4 is 38.1 Å². The normalized spacial score (nSPS) is 12.6. The summed E-state index contributed by atoms with van der Waals surface area (Å²) in [7, 11) is 0.514. The first-order valence-corrected chi connectivity index (χ1v) is 8.06. The third kappa shape index (κ3) is 3.68. The van der Waals surface area contributed by atoms with Crippen LogP contribution in [0.1, 0.15) is 10.0 Å². The van der Waals surface area contributed by atoms with Crippen molar-refractivity contribution in [2.24, 2.45) is 0 Å². The molecule has 18 heavy (non-hydrogen) atoms. The lowest BCUT2D eigenvalue weighted by atomic mass is 10.4. The lowest BCUT2D eigenvalue weighted by Gasteiger charge is -1.99. The lowest BCUT2D eigenvalue weighted by molar-refractivity contribution is 0.184. The van der Waals surface area contributed by atoms with Crippen molar-refractivity contribution in [3.05, 3.63) is 38.8 Å². The van der Waals surface area contributed by atoms with Gasteiger partial charge in [-0.3, -0.25) is 4.21 Å². The summed E-state index contributed by atoms with van der Waals surface area (Å²) in [5.41, 5.74) is 0. The maximum Gasteiger partial charge on any atom is 0.143 e. The van der Waals surface area contributed by atoms with Gasteiger partial charge in [-0.25, -0.2) is 0 Å². The van der Waals surface area contributed by atoms with E-state index in [2.05, 4.69) is 26.1 Å². The number of hydrogen-bond acceptors (Lipinski definition) is 5. The van der Waals surface area contributed by atoms with E-state index in [0.717, 1.165) is 19.4 Å². The Morgan fingerprint density at radius 3 is 2.89 bits per heavy atom. The van der Waals surface area contributed by atoms with Crippen LogP contribution < -0.4 is 0 Å². The van der Waals surface area contributed by atoms with Gasteiger partial charge in [-0.15, -0.1) is 10.2 Å². The van der Waals surface area contributed by atoms with Crippen molar-refractivity contribution in [1.82, 2.24) is 10.2 Å². The van der Waals surface area contributed by atoms with Crippen LogP contribution in [0.4, 0.5) is 0 Å². The van der Waals surface area contributed by atoms with Gasteiger partial charge in [0.2, 0.25) is 0 Å². The van der Waals surface area contributed by atoms with Crippen LogP contribution in [0.25, 0.3) is 0 Å². The SMILES string of the molecule is COCc1nnc(CS(=O)c2cccc(Br)c2)s1. The lowest BCUT2D eigenvalue weighted by Crippen LogP contribution is -1.96. The van der Waals surface area contributed by atoms with E-state index < -0.39 is 10.8 Å². The van der Waals surface area contributed by atoms with Gasteiger partial charge in [-0.2, -0.15) is 0 Å². The smallest absolute Gasteiger partial charge is 0.143 e. The molecule has 0 aliphatic rings. The predicted molar refractivity (Wildman–Crippen MR) is 74.9 cm³/mol. The minimum absolute atomic E-state index is 0.387. The minimum atomic E-state index is -1.10. The molecule has 1 heterocycles. The highest BCUT2D eigenvalue weighted by Crippen LogP contribution is 2.19. The maximum absolute atomic E-state index is 12.1. The Labute approximate surface area is 120 Å². The molecule has 2 aromatic rings. The summed E-state index contributed by atoms with van der Waals surface area (Å²) >= 11 is 4.80. The average Bonchev–Trinajstić information content (AvgIpc) is 2.77. The van der Waals surface area contributed by atoms with Gasteiger partial charge in [0, 0.05) is 16.5 Å². The standard InChI is InChI=1S/C11H11BrN2O2S2/c1-16-6-10-13-14-11(17-10)7-18(15)9-4-2-3-8(12)5-9/h2-5H,6-7H2,1H3. The molecule has 0 radical (unpaired) electrons. The third-order valence-electron chi connectivity index (χ3n) is 2.09. The number of methoxy groups -OCH3 is 1. The molecule has 0 saturated carbocycles. The van der Waals surface area contributed by atoms with Crippen LogP contribution in [-0.2, 0) is 27.9 Å². The van der Waals surface area contributed by atoms with Crippen molar-refractivity contribution in [1.29, 1.82) is 0 Å². The molecule has 0 fully saturated rings. The molecule has 7 heteroatoms. The molecule has 4 nitrogen and oxygen atoms in total. The van der Waals surface area contributed by atoms with Gasteiger partial charge in [-0.1, -0.05) is 33.3 Å². The molecule has 1 aromatic heterocycles. The van der Waals surface area contributed by atoms with Crippen molar-refractivity contribution < 1.29 is 8.95 Å². The van der Waals surface area contributed by atoms with Crippen LogP contribution >= 0.6 is 27.3 Å². The van der Waals surface area contributed by atoms with E-state index in [1.54, 1.807) is 7.11 Å². The second-order valence-electron chi connectivity index (χ2n) is 3.47. The number of rotatable bonds is 5. The topological polar surface area (TPSA) is 52.1 Å². The Hall–Kier alpha value is -0.630. The molecular formula is C11H11BrN2O2S2. The van der Waals surface area contributed by atoms with E-state index in [4.69, 9.17) is 4.74 Å². The fourth-order valence-electron chi connectivity index (χ4n) is 1.33. The predicted octanol–water partition coefficient (Wildman–Crippen LogP) is 2.75. The van der Waals surface area contributed by atoms with Gasteiger partial charge in [-0.05, 0) is 18.2 Å². The number of hydrogen-bond donors (Lipinski definition) is 0. The Kier molecular flexibility index (Phi) is 4.99. The highest BCUT2D eigenvalue weighted by Gasteiger charge is 2.10. The van der Waals surface area contributed by atoms with Crippen molar-refractivity contribution in [3.63, 3.8) is 0 Å². The van der Waals surface area contributed by atoms with E-state index in [9.17, 15) is 4.21 Å². The summed E-state index contributed by atoms with van der Waals surface area (Å²) in [6.07, 6.45) is 0. The Balaban J connectivity index is 2.06. The minimum Gasteiger partial charge on any atom is -0.377 e. The average molecular weight is 347 g/mol. The van der Waals surface area contributed by atoms with Crippen molar-refractivity contribution in [2.75, 3.05) is 7.11 Å². The summed E-state index contributed by atoms with van der Waals surface area (Å²) in [5.74, 6) is 0.387. The molecule has 0 bridgehead atoms. The van der Waals surface area contributed by atoms with Gasteiger partial charge in [0.15, 0.2) is 0 Å². The van der Waals surface area contributed by atoms with E-state index in [1.807, 2.05) is 24.3 Å². The number of halogens is 1. The summed E-state index contributed by atoms with van der Waals surface area (Å²) in [4.78, 5) is 0.785. The van der Waals surface area contributed by atoms with Crippen LogP contribution in [0.15, 0.2) is 33.6 Å². The molecule has 0 amide bonds. The summed E-state index contributed by atoms with van der Waals surface area (Å²) < 4.78 is 18.0. The second-order valence-corrected chi connectivity index (χ2v) is 6.98. The summed E-state index contributed by atoms with van der Waals surface area (Å²) in [6.45, 7) is 0.446. The molecule has 0 aliphatic heterocycles. The molecule has 0 aliphatic carbocycles. The summed E-state index contributed by atoms with van der Waals surface area (Å²) in [5, 5.41) is 9.55. The number of benzene rings is 1. The first-order chi connectivity index (χ1) is 8.69. The molecular weight excluding hydrogens is 336 g/mol. The molecule has 1 atom stereocenters. The zero-order chi connectivity index (χ0) is 13.0. The molecule has 0 saturated heterocycles. The van der Waals surface area contributed by atoms with E-state index in [1.165, 1.54) is 11.3 Å². The van der Waals surface area contributed by atoms with Gasteiger partial charge in [0.1, 0.15) is 10.0 Å².